The smallest absolute Gasteiger partial charge is 0.220 e. The molecule has 3 unspecified atom stereocenters. The van der Waals surface area contributed by atoms with Crippen molar-refractivity contribution >= 4 is 5.91 Å². The van der Waals surface area contributed by atoms with Crippen LogP contribution in [-0.4, -0.2) is 46.1 Å². The summed E-state index contributed by atoms with van der Waals surface area (Å²) in [5.41, 5.74) is 0. The molecule has 288 valence electrons. The van der Waals surface area contributed by atoms with Gasteiger partial charge in [-0.05, 0) is 64.2 Å². The lowest BCUT2D eigenvalue weighted by molar-refractivity contribution is -0.124. The highest BCUT2D eigenvalue weighted by Gasteiger charge is 2.26. The van der Waals surface area contributed by atoms with Crippen molar-refractivity contribution in [3.63, 3.8) is 0 Å². The van der Waals surface area contributed by atoms with Crippen LogP contribution in [0.4, 0.5) is 0 Å². The van der Waals surface area contributed by atoms with Gasteiger partial charge in [-0.3, -0.25) is 4.79 Å². The number of allylic oxidation sites excluding steroid dienone is 6. The van der Waals surface area contributed by atoms with Crippen LogP contribution in [0.1, 0.15) is 213 Å². The maximum absolute atomic E-state index is 12.4. The molecule has 49 heavy (non-hydrogen) atoms. The second-order valence-electron chi connectivity index (χ2n) is 14.6. The van der Waals surface area contributed by atoms with E-state index in [4.69, 9.17) is 0 Å². The van der Waals surface area contributed by atoms with Crippen LogP contribution in [0.15, 0.2) is 36.5 Å². The van der Waals surface area contributed by atoms with Gasteiger partial charge in [-0.15, -0.1) is 0 Å². The first kappa shape index (κ1) is 47.6. The summed E-state index contributed by atoms with van der Waals surface area (Å²) in [4.78, 5) is 12.4. The molecule has 0 spiro atoms. The Balaban J connectivity index is 3.69. The molecule has 3 atom stereocenters. The standard InChI is InChI=1S/C44H83NO4/c1-3-5-7-9-11-13-15-17-19-21-22-23-25-27-29-31-33-35-37-39-43(48)45-41(40-46)44(49)42(47)38-36-34-32-30-28-26-24-20-18-16-14-12-10-8-6-4-2/h11,13,15,17,30,32,41-42,44,46-47,49H,3-10,12,14,16,18-29,31,33-40H2,1-2H3,(H,45,48)/b13-11-,17-15-,32-30+. The molecule has 0 saturated heterocycles. The molecule has 0 fully saturated rings. The van der Waals surface area contributed by atoms with Gasteiger partial charge in [0.15, 0.2) is 0 Å². The molecule has 5 nitrogen and oxygen atoms in total. The predicted octanol–water partition coefficient (Wildman–Crippen LogP) is 12.0. The van der Waals surface area contributed by atoms with Crippen LogP contribution in [0.2, 0.25) is 0 Å². The minimum Gasteiger partial charge on any atom is -0.394 e. The lowest BCUT2D eigenvalue weighted by atomic mass is 10.0. The van der Waals surface area contributed by atoms with E-state index in [0.717, 1.165) is 38.5 Å². The van der Waals surface area contributed by atoms with E-state index in [-0.39, 0.29) is 12.5 Å². The molecule has 0 aliphatic carbocycles. The monoisotopic (exact) mass is 690 g/mol. The highest BCUT2D eigenvalue weighted by atomic mass is 16.3. The number of carbonyl (C=O) groups is 1. The Kier molecular flexibility index (Phi) is 38.2. The molecule has 0 heterocycles. The molecule has 0 radical (unpaired) electrons. The Hall–Kier alpha value is -1.43. The summed E-state index contributed by atoms with van der Waals surface area (Å²) in [5, 5.41) is 33.5. The molecule has 0 aromatic carbocycles. The first-order valence-electron chi connectivity index (χ1n) is 21.3. The maximum atomic E-state index is 12.4. The van der Waals surface area contributed by atoms with E-state index < -0.39 is 18.2 Å². The van der Waals surface area contributed by atoms with Crippen LogP contribution in [0.5, 0.6) is 0 Å². The van der Waals surface area contributed by atoms with E-state index in [1.807, 2.05) is 0 Å². The Labute approximate surface area is 304 Å². The predicted molar refractivity (Wildman–Crippen MR) is 213 cm³/mol. The van der Waals surface area contributed by atoms with Gasteiger partial charge >= 0.3 is 0 Å². The molecule has 0 aromatic heterocycles. The molecule has 4 N–H and O–H groups in total. The average molecular weight is 690 g/mol. The van der Waals surface area contributed by atoms with Crippen molar-refractivity contribution < 1.29 is 20.1 Å². The molecule has 0 bridgehead atoms. The van der Waals surface area contributed by atoms with E-state index in [2.05, 4.69) is 55.6 Å². The van der Waals surface area contributed by atoms with Crippen LogP contribution in [0, 0.1) is 0 Å². The Morgan fingerprint density at radius 1 is 0.510 bits per heavy atom. The van der Waals surface area contributed by atoms with Gasteiger partial charge in [-0.1, -0.05) is 179 Å². The largest absolute Gasteiger partial charge is 0.394 e. The zero-order valence-corrected chi connectivity index (χ0v) is 32.6. The van der Waals surface area contributed by atoms with Gasteiger partial charge in [0.1, 0.15) is 6.10 Å². The van der Waals surface area contributed by atoms with E-state index in [9.17, 15) is 20.1 Å². The van der Waals surface area contributed by atoms with Gasteiger partial charge < -0.3 is 20.6 Å². The normalized spacial score (nSPS) is 14.0. The average Bonchev–Trinajstić information content (AvgIpc) is 3.10. The Morgan fingerprint density at radius 3 is 1.35 bits per heavy atom. The zero-order chi connectivity index (χ0) is 35.9. The number of nitrogens with one attached hydrogen (secondary N) is 1. The third-order valence-corrected chi connectivity index (χ3v) is 9.74. The van der Waals surface area contributed by atoms with Crippen molar-refractivity contribution in [2.45, 2.75) is 231 Å². The lowest BCUT2D eigenvalue weighted by Crippen LogP contribution is -2.50. The minimum atomic E-state index is -1.16. The van der Waals surface area contributed by atoms with Crippen molar-refractivity contribution in [3.8, 4) is 0 Å². The molecular formula is C44H83NO4. The van der Waals surface area contributed by atoms with E-state index in [1.54, 1.807) is 0 Å². The second-order valence-corrected chi connectivity index (χ2v) is 14.6. The highest BCUT2D eigenvalue weighted by molar-refractivity contribution is 5.76. The second kappa shape index (κ2) is 39.4. The number of aliphatic hydroxyl groups is 3. The van der Waals surface area contributed by atoms with Crippen LogP contribution >= 0.6 is 0 Å². The molecule has 0 aromatic rings. The first-order chi connectivity index (χ1) is 24.1. The molecule has 0 aliphatic rings. The van der Waals surface area contributed by atoms with Crippen LogP contribution < -0.4 is 5.32 Å². The lowest BCUT2D eigenvalue weighted by Gasteiger charge is -2.26. The van der Waals surface area contributed by atoms with Crippen molar-refractivity contribution in [2.24, 2.45) is 0 Å². The fraction of sp³-hybridized carbons (Fsp3) is 0.841. The first-order valence-corrected chi connectivity index (χ1v) is 21.3. The summed E-state index contributed by atoms with van der Waals surface area (Å²) >= 11 is 0. The topological polar surface area (TPSA) is 89.8 Å². The SMILES string of the molecule is CCCCC/C=C\C=C/CCCCCCCCCCCCC(=O)NC(CO)C(O)C(O)CCC/C=C/CCCCCCCCCCCCC. The number of rotatable bonds is 38. The summed E-state index contributed by atoms with van der Waals surface area (Å²) in [5.74, 6) is -0.159. The number of unbranched alkanes of at least 4 members (excludes halogenated alkanes) is 25. The fourth-order valence-electron chi connectivity index (χ4n) is 6.39. The van der Waals surface area contributed by atoms with Crippen molar-refractivity contribution in [2.75, 3.05) is 6.61 Å². The molecule has 0 aliphatic heterocycles. The zero-order valence-electron chi connectivity index (χ0n) is 32.6. The number of hydrogen-bond donors (Lipinski definition) is 4. The fourth-order valence-corrected chi connectivity index (χ4v) is 6.39. The van der Waals surface area contributed by atoms with Crippen molar-refractivity contribution in [3.05, 3.63) is 36.5 Å². The molecule has 5 heteroatoms. The Morgan fingerprint density at radius 2 is 0.878 bits per heavy atom. The van der Waals surface area contributed by atoms with E-state index in [1.165, 1.54) is 148 Å². The summed E-state index contributed by atoms with van der Waals surface area (Å²) in [6.45, 7) is 4.13. The summed E-state index contributed by atoms with van der Waals surface area (Å²) < 4.78 is 0. The number of hydrogen-bond acceptors (Lipinski definition) is 4. The summed E-state index contributed by atoms with van der Waals surface area (Å²) in [7, 11) is 0. The quantitative estimate of drug-likeness (QED) is 0.0295. The van der Waals surface area contributed by atoms with Crippen LogP contribution in [0.3, 0.4) is 0 Å². The molecule has 0 rings (SSSR count). The highest BCUT2D eigenvalue weighted by Crippen LogP contribution is 2.15. The number of aliphatic hydroxyl groups excluding tert-OH is 3. The van der Waals surface area contributed by atoms with Crippen LogP contribution in [-0.2, 0) is 4.79 Å². The third-order valence-electron chi connectivity index (χ3n) is 9.74. The molecular weight excluding hydrogens is 606 g/mol. The minimum absolute atomic E-state index is 0.159. The van der Waals surface area contributed by atoms with Gasteiger partial charge in [0.2, 0.25) is 5.91 Å². The van der Waals surface area contributed by atoms with E-state index >= 15 is 0 Å². The number of amides is 1. The number of carbonyl (C=O) groups excluding carboxylic acids is 1. The van der Waals surface area contributed by atoms with Crippen molar-refractivity contribution in [1.82, 2.24) is 5.32 Å². The van der Waals surface area contributed by atoms with Gasteiger partial charge in [0.25, 0.3) is 0 Å². The maximum Gasteiger partial charge on any atom is 0.220 e. The Bertz CT molecular complexity index is 764. The summed E-state index contributed by atoms with van der Waals surface area (Å²) in [6.07, 6.45) is 48.1. The van der Waals surface area contributed by atoms with Crippen LogP contribution in [0.25, 0.3) is 0 Å². The van der Waals surface area contributed by atoms with Crippen molar-refractivity contribution in [1.29, 1.82) is 0 Å². The molecule has 0 saturated carbocycles. The molecule has 1 amide bonds. The van der Waals surface area contributed by atoms with Gasteiger partial charge in [0, 0.05) is 6.42 Å². The third kappa shape index (κ3) is 34.8. The van der Waals surface area contributed by atoms with Gasteiger partial charge in [0.05, 0.1) is 18.8 Å². The van der Waals surface area contributed by atoms with Gasteiger partial charge in [-0.25, -0.2) is 0 Å². The van der Waals surface area contributed by atoms with E-state index in [0.29, 0.717) is 12.8 Å². The summed E-state index contributed by atoms with van der Waals surface area (Å²) in [6, 6.07) is -0.827. The van der Waals surface area contributed by atoms with Gasteiger partial charge in [-0.2, -0.15) is 0 Å².